The highest BCUT2D eigenvalue weighted by Gasteiger charge is 2.49. The molecule has 9 nitrogen and oxygen atoms in total. The van der Waals surface area contributed by atoms with E-state index in [1.807, 2.05) is 26.0 Å². The Balaban J connectivity index is 1.97. The summed E-state index contributed by atoms with van der Waals surface area (Å²) < 4.78 is 16.7. The zero-order valence-corrected chi connectivity index (χ0v) is 23.2. The van der Waals surface area contributed by atoms with Gasteiger partial charge in [-0.3, -0.25) is 19.3 Å². The molecule has 3 atom stereocenters. The van der Waals surface area contributed by atoms with E-state index in [1.165, 1.54) is 5.06 Å². The fourth-order valence-electron chi connectivity index (χ4n) is 5.71. The zero-order valence-electron chi connectivity index (χ0n) is 23.2. The summed E-state index contributed by atoms with van der Waals surface area (Å²) in [6.07, 6.45) is 4.24. The van der Waals surface area contributed by atoms with E-state index in [0.29, 0.717) is 43.4 Å². The first-order valence-electron chi connectivity index (χ1n) is 13.5. The average molecular weight is 521 g/mol. The number of carbonyl (C=O) groups excluding carboxylic acids is 1. The predicted molar refractivity (Wildman–Crippen MR) is 140 cm³/mol. The molecule has 2 heterocycles. The van der Waals surface area contributed by atoms with Gasteiger partial charge in [-0.25, -0.2) is 5.06 Å². The summed E-state index contributed by atoms with van der Waals surface area (Å²) in [6.45, 7) is 12.1. The van der Waals surface area contributed by atoms with Crippen LogP contribution in [0.3, 0.4) is 0 Å². The number of carboxylic acids is 1. The number of fused-ring (bicyclic) bond motifs is 1. The van der Waals surface area contributed by atoms with Crippen molar-refractivity contribution in [1.29, 1.82) is 0 Å². The van der Waals surface area contributed by atoms with Gasteiger partial charge in [0.25, 0.3) is 5.91 Å². The van der Waals surface area contributed by atoms with Gasteiger partial charge in [-0.2, -0.15) is 0 Å². The van der Waals surface area contributed by atoms with E-state index in [4.69, 9.17) is 19.0 Å². The van der Waals surface area contributed by atoms with Crippen molar-refractivity contribution >= 4 is 11.9 Å². The second kappa shape index (κ2) is 12.8. The molecule has 3 rings (SSSR count). The standard InChI is InChI=1S/C28H44N2O7/c1-7-10-28(4,5)15-21-25(27(32)33)20(19-13-22(34-6)26-23(14-19)35-18-36-26)16-29(21)17-24(31)30(11-8-2)37-12-9-3/h13-14,20-21,25H,7-12,15-18H2,1-6H3,(H,32,33)/t20-,21+,25-/m1/s1. The second-order valence-electron chi connectivity index (χ2n) is 10.9. The maximum absolute atomic E-state index is 13.4. The molecular weight excluding hydrogens is 476 g/mol. The molecule has 9 heteroatoms. The fourth-order valence-corrected chi connectivity index (χ4v) is 5.71. The van der Waals surface area contributed by atoms with Crippen LogP contribution in [0.15, 0.2) is 12.1 Å². The fraction of sp³-hybridized carbons (Fsp3) is 0.714. The van der Waals surface area contributed by atoms with Crippen LogP contribution in [0.1, 0.15) is 78.2 Å². The average Bonchev–Trinajstić information content (AvgIpc) is 3.45. The third kappa shape index (κ3) is 6.87. The van der Waals surface area contributed by atoms with E-state index in [1.54, 1.807) is 7.11 Å². The minimum atomic E-state index is -0.860. The topological polar surface area (TPSA) is 97.8 Å². The number of nitrogens with zero attached hydrogens (tertiary/aromatic N) is 2. The van der Waals surface area contributed by atoms with Crippen molar-refractivity contribution < 1.29 is 33.7 Å². The SMILES string of the molecule is CCCON(CCC)C(=O)CN1C[C@H](c2cc(OC)c3c(c2)OCO3)[C@@H](C(=O)O)[C@@H]1CC(C)(C)CCC. The number of amides is 1. The van der Waals surface area contributed by atoms with Crippen LogP contribution in [0.4, 0.5) is 0 Å². The number of methoxy groups -OCH3 is 1. The molecule has 1 N–H and O–H groups in total. The molecule has 0 radical (unpaired) electrons. The Bertz CT molecular complexity index is 935. The zero-order chi connectivity index (χ0) is 27.2. The molecule has 208 valence electrons. The van der Waals surface area contributed by atoms with Gasteiger partial charge in [0.05, 0.1) is 26.2 Å². The number of likely N-dealkylation sites (tertiary alicyclic amines) is 1. The van der Waals surface area contributed by atoms with Crippen LogP contribution >= 0.6 is 0 Å². The third-order valence-electron chi connectivity index (χ3n) is 7.33. The molecule has 0 aromatic heterocycles. The largest absolute Gasteiger partial charge is 0.493 e. The summed E-state index contributed by atoms with van der Waals surface area (Å²) in [4.78, 5) is 34.0. The first-order valence-corrected chi connectivity index (χ1v) is 13.5. The van der Waals surface area contributed by atoms with Crippen LogP contribution in [0, 0.1) is 11.3 Å². The molecular formula is C28H44N2O7. The normalized spacial score (nSPS) is 21.3. The molecule has 1 saturated heterocycles. The van der Waals surface area contributed by atoms with Gasteiger partial charge in [0.15, 0.2) is 11.5 Å². The van der Waals surface area contributed by atoms with Gasteiger partial charge in [0.1, 0.15) is 0 Å². The van der Waals surface area contributed by atoms with Crippen LogP contribution in [0.2, 0.25) is 0 Å². The van der Waals surface area contributed by atoms with E-state index in [2.05, 4.69) is 25.7 Å². The number of rotatable bonds is 14. The van der Waals surface area contributed by atoms with Crippen LogP contribution in [0.25, 0.3) is 0 Å². The first kappa shape index (κ1) is 29.0. The first-order chi connectivity index (χ1) is 17.6. The van der Waals surface area contributed by atoms with Gasteiger partial charge in [-0.05, 0) is 48.8 Å². The lowest BCUT2D eigenvalue weighted by atomic mass is 9.76. The van der Waals surface area contributed by atoms with E-state index in [9.17, 15) is 14.7 Å². The number of hydrogen-bond donors (Lipinski definition) is 1. The number of hydrogen-bond acceptors (Lipinski definition) is 7. The van der Waals surface area contributed by atoms with Crippen molar-refractivity contribution in [3.63, 3.8) is 0 Å². The van der Waals surface area contributed by atoms with Crippen molar-refractivity contribution in [2.75, 3.05) is 40.1 Å². The Kier molecular flexibility index (Phi) is 10.1. The van der Waals surface area contributed by atoms with Crippen molar-refractivity contribution in [3.05, 3.63) is 17.7 Å². The Morgan fingerprint density at radius 3 is 2.54 bits per heavy atom. The molecule has 1 fully saturated rings. The Labute approximate surface area is 220 Å². The van der Waals surface area contributed by atoms with Crippen molar-refractivity contribution in [2.24, 2.45) is 11.3 Å². The molecule has 0 bridgehead atoms. The monoisotopic (exact) mass is 520 g/mol. The summed E-state index contributed by atoms with van der Waals surface area (Å²) in [5, 5.41) is 11.9. The van der Waals surface area contributed by atoms with Crippen molar-refractivity contribution in [2.45, 2.75) is 78.7 Å². The molecule has 37 heavy (non-hydrogen) atoms. The van der Waals surface area contributed by atoms with Gasteiger partial charge >= 0.3 is 5.97 Å². The van der Waals surface area contributed by atoms with Crippen LogP contribution in [-0.2, 0) is 14.4 Å². The Morgan fingerprint density at radius 2 is 1.92 bits per heavy atom. The van der Waals surface area contributed by atoms with E-state index in [-0.39, 0.29) is 36.6 Å². The summed E-state index contributed by atoms with van der Waals surface area (Å²) in [7, 11) is 1.56. The minimum Gasteiger partial charge on any atom is -0.493 e. The molecule has 1 aromatic carbocycles. The highest BCUT2D eigenvalue weighted by Crippen LogP contribution is 2.48. The van der Waals surface area contributed by atoms with Crippen molar-refractivity contribution in [3.8, 4) is 17.2 Å². The lowest BCUT2D eigenvalue weighted by Gasteiger charge is -2.35. The van der Waals surface area contributed by atoms with Gasteiger partial charge in [0, 0.05) is 25.0 Å². The number of ether oxygens (including phenoxy) is 3. The van der Waals surface area contributed by atoms with Crippen LogP contribution < -0.4 is 14.2 Å². The highest BCUT2D eigenvalue weighted by atomic mass is 16.7. The highest BCUT2D eigenvalue weighted by molar-refractivity contribution is 5.78. The second-order valence-corrected chi connectivity index (χ2v) is 10.9. The molecule has 2 aliphatic heterocycles. The van der Waals surface area contributed by atoms with Crippen LogP contribution in [-0.4, -0.2) is 73.1 Å². The molecule has 0 saturated carbocycles. The van der Waals surface area contributed by atoms with E-state index >= 15 is 0 Å². The minimum absolute atomic E-state index is 0.0717. The summed E-state index contributed by atoms with van der Waals surface area (Å²) in [5.41, 5.74) is 0.743. The van der Waals surface area contributed by atoms with Crippen LogP contribution in [0.5, 0.6) is 17.2 Å². The predicted octanol–water partition coefficient (Wildman–Crippen LogP) is 4.69. The maximum Gasteiger partial charge on any atom is 0.308 e. The number of benzene rings is 1. The summed E-state index contributed by atoms with van der Waals surface area (Å²) >= 11 is 0. The molecule has 0 unspecified atom stereocenters. The van der Waals surface area contributed by atoms with E-state index < -0.39 is 11.9 Å². The number of carboxylic acid groups (broad SMARTS) is 1. The summed E-state index contributed by atoms with van der Waals surface area (Å²) in [6, 6.07) is 3.40. The lowest BCUT2D eigenvalue weighted by Crippen LogP contribution is -2.45. The summed E-state index contributed by atoms with van der Waals surface area (Å²) in [5.74, 6) is -0.417. The molecule has 1 amide bonds. The molecule has 1 aromatic rings. The molecule has 0 aliphatic carbocycles. The third-order valence-corrected chi connectivity index (χ3v) is 7.33. The van der Waals surface area contributed by atoms with Gasteiger partial charge < -0.3 is 19.3 Å². The number of hydroxylamine groups is 2. The number of aliphatic carboxylic acids is 1. The quantitative estimate of drug-likeness (QED) is 0.353. The van der Waals surface area contributed by atoms with Gasteiger partial charge in [-0.1, -0.05) is 41.0 Å². The van der Waals surface area contributed by atoms with Gasteiger partial charge in [0.2, 0.25) is 12.5 Å². The Morgan fingerprint density at radius 1 is 1.16 bits per heavy atom. The Hall–Kier alpha value is -2.52. The smallest absolute Gasteiger partial charge is 0.308 e. The number of carbonyl (C=O) groups is 2. The van der Waals surface area contributed by atoms with Gasteiger partial charge in [-0.15, -0.1) is 0 Å². The lowest BCUT2D eigenvalue weighted by molar-refractivity contribution is -0.188. The van der Waals surface area contributed by atoms with Crippen molar-refractivity contribution in [1.82, 2.24) is 9.96 Å². The molecule has 0 spiro atoms. The van der Waals surface area contributed by atoms with E-state index in [0.717, 1.165) is 31.2 Å². The molecule has 2 aliphatic rings. The maximum atomic E-state index is 13.4.